The summed E-state index contributed by atoms with van der Waals surface area (Å²) in [5.74, 6) is -0.0885. The fraction of sp³-hybridized carbons (Fsp3) is 0.348. The molecule has 158 valence electrons. The molecule has 30 heavy (non-hydrogen) atoms. The van der Waals surface area contributed by atoms with Gasteiger partial charge < -0.3 is 10.1 Å². The molecule has 1 aliphatic rings. The Balaban J connectivity index is 1.65. The van der Waals surface area contributed by atoms with Crippen LogP contribution < -0.4 is 10.2 Å². The maximum absolute atomic E-state index is 12.5. The van der Waals surface area contributed by atoms with Gasteiger partial charge in [0, 0.05) is 17.8 Å². The quantitative estimate of drug-likeness (QED) is 0.637. The van der Waals surface area contributed by atoms with Crippen molar-refractivity contribution in [2.45, 2.75) is 38.5 Å². The number of carbonyl (C=O) groups is 3. The van der Waals surface area contributed by atoms with Crippen LogP contribution in [0.4, 0.5) is 11.4 Å². The second kappa shape index (κ2) is 10.3. The van der Waals surface area contributed by atoms with Crippen molar-refractivity contribution in [1.82, 2.24) is 0 Å². The summed E-state index contributed by atoms with van der Waals surface area (Å²) in [6.07, 6.45) is 1.10. The number of ether oxygens (including phenoxy) is 1. The topological polar surface area (TPSA) is 75.7 Å². The summed E-state index contributed by atoms with van der Waals surface area (Å²) in [6, 6.07) is 15.6. The van der Waals surface area contributed by atoms with Crippen molar-refractivity contribution in [1.29, 1.82) is 0 Å². The number of amides is 2. The smallest absolute Gasteiger partial charge is 0.306 e. The highest BCUT2D eigenvalue weighted by Gasteiger charge is 2.33. The van der Waals surface area contributed by atoms with Gasteiger partial charge >= 0.3 is 5.97 Å². The summed E-state index contributed by atoms with van der Waals surface area (Å²) in [5.41, 5.74) is 3.77. The average molecular weight is 427 g/mol. The first-order valence-electron chi connectivity index (χ1n) is 10.1. The van der Waals surface area contributed by atoms with Gasteiger partial charge in [-0.25, -0.2) is 0 Å². The number of anilines is 2. The van der Waals surface area contributed by atoms with Gasteiger partial charge in [0.1, 0.15) is 5.37 Å². The molecule has 1 fully saturated rings. The van der Waals surface area contributed by atoms with Crippen LogP contribution in [0.1, 0.15) is 43.2 Å². The van der Waals surface area contributed by atoms with Crippen LogP contribution in [0.25, 0.3) is 0 Å². The standard InChI is InChI=1S/C23H26N2O4S/c1-3-16-5-11-19(12-6-16)25-21(27)15-30-23(25)17-7-9-18(10-8-17)24-20(26)13-14-22(28)29-4-2/h5-12,23H,3-4,13-15H2,1-2H3,(H,24,26)/t23-/m1/s1. The van der Waals surface area contributed by atoms with Gasteiger partial charge in [-0.3, -0.25) is 19.3 Å². The molecule has 6 nitrogen and oxygen atoms in total. The van der Waals surface area contributed by atoms with Gasteiger partial charge in [0.2, 0.25) is 11.8 Å². The van der Waals surface area contributed by atoms with E-state index in [2.05, 4.69) is 24.4 Å². The SMILES string of the molecule is CCOC(=O)CCC(=O)Nc1ccc([C@H]2SCC(=O)N2c2ccc(CC)cc2)cc1. The molecule has 7 heteroatoms. The van der Waals surface area contributed by atoms with Crippen LogP contribution in [0.5, 0.6) is 0 Å². The Bertz CT molecular complexity index is 896. The normalized spacial score (nSPS) is 15.9. The van der Waals surface area contributed by atoms with Crippen molar-refractivity contribution in [2.75, 3.05) is 22.6 Å². The summed E-state index contributed by atoms with van der Waals surface area (Å²) < 4.78 is 4.83. The summed E-state index contributed by atoms with van der Waals surface area (Å²) in [6.45, 7) is 4.15. The first-order valence-corrected chi connectivity index (χ1v) is 11.1. The number of hydrogen-bond acceptors (Lipinski definition) is 5. The molecule has 0 saturated carbocycles. The maximum atomic E-state index is 12.5. The van der Waals surface area contributed by atoms with E-state index in [1.165, 1.54) is 5.56 Å². The summed E-state index contributed by atoms with van der Waals surface area (Å²) in [7, 11) is 0. The Labute approximate surface area is 181 Å². The van der Waals surface area contributed by atoms with Crippen molar-refractivity contribution in [3.05, 3.63) is 59.7 Å². The van der Waals surface area contributed by atoms with Crippen LogP contribution in [0.2, 0.25) is 0 Å². The number of benzene rings is 2. The average Bonchev–Trinajstić information content (AvgIpc) is 3.14. The Hall–Kier alpha value is -2.80. The van der Waals surface area contributed by atoms with Crippen LogP contribution in [0.3, 0.4) is 0 Å². The molecule has 3 rings (SSSR count). The Morgan fingerprint density at radius 2 is 1.77 bits per heavy atom. The van der Waals surface area contributed by atoms with E-state index in [0.717, 1.165) is 17.7 Å². The monoisotopic (exact) mass is 426 g/mol. The number of carbonyl (C=O) groups excluding carboxylic acids is 3. The van der Waals surface area contributed by atoms with E-state index < -0.39 is 0 Å². The molecule has 1 atom stereocenters. The molecule has 0 aliphatic carbocycles. The number of aryl methyl sites for hydroxylation is 1. The van der Waals surface area contributed by atoms with E-state index in [1.807, 2.05) is 41.3 Å². The zero-order valence-electron chi connectivity index (χ0n) is 17.2. The lowest BCUT2D eigenvalue weighted by Crippen LogP contribution is -2.27. The minimum atomic E-state index is -0.377. The van der Waals surface area contributed by atoms with Crippen LogP contribution in [-0.2, 0) is 25.5 Å². The summed E-state index contributed by atoms with van der Waals surface area (Å²) >= 11 is 1.59. The Kier molecular flexibility index (Phi) is 7.52. The van der Waals surface area contributed by atoms with Gasteiger partial charge in [0.05, 0.1) is 18.8 Å². The predicted octanol–water partition coefficient (Wildman–Crippen LogP) is 4.31. The van der Waals surface area contributed by atoms with Crippen molar-refractivity contribution in [3.63, 3.8) is 0 Å². The minimum absolute atomic E-state index is 0.0599. The van der Waals surface area contributed by atoms with Crippen LogP contribution in [0.15, 0.2) is 48.5 Å². The van der Waals surface area contributed by atoms with E-state index >= 15 is 0 Å². The van der Waals surface area contributed by atoms with E-state index in [4.69, 9.17) is 4.74 Å². The van der Waals surface area contributed by atoms with Gasteiger partial charge in [-0.05, 0) is 48.7 Å². The molecular formula is C23H26N2O4S. The van der Waals surface area contributed by atoms with E-state index in [-0.39, 0.29) is 36.0 Å². The number of hydrogen-bond donors (Lipinski definition) is 1. The third-order valence-corrected chi connectivity index (χ3v) is 6.04. The first-order chi connectivity index (χ1) is 14.5. The number of nitrogens with zero attached hydrogens (tertiary/aromatic N) is 1. The first kappa shape index (κ1) is 21.9. The molecule has 1 aliphatic heterocycles. The van der Waals surface area contributed by atoms with Gasteiger partial charge in [0.15, 0.2) is 0 Å². The van der Waals surface area contributed by atoms with Crippen molar-refractivity contribution in [3.8, 4) is 0 Å². The molecule has 2 amide bonds. The largest absolute Gasteiger partial charge is 0.466 e. The van der Waals surface area contributed by atoms with Crippen molar-refractivity contribution >= 4 is 40.9 Å². The number of esters is 1. The van der Waals surface area contributed by atoms with Crippen molar-refractivity contribution < 1.29 is 19.1 Å². The Morgan fingerprint density at radius 1 is 1.07 bits per heavy atom. The van der Waals surface area contributed by atoms with Crippen molar-refractivity contribution in [2.24, 2.45) is 0 Å². The number of thioether (sulfide) groups is 1. The molecule has 2 aromatic carbocycles. The zero-order valence-corrected chi connectivity index (χ0v) is 18.0. The highest BCUT2D eigenvalue weighted by atomic mass is 32.2. The highest BCUT2D eigenvalue weighted by molar-refractivity contribution is 8.00. The lowest BCUT2D eigenvalue weighted by atomic mass is 10.1. The third-order valence-electron chi connectivity index (χ3n) is 4.83. The third kappa shape index (κ3) is 5.42. The number of rotatable bonds is 8. The molecular weight excluding hydrogens is 400 g/mol. The maximum Gasteiger partial charge on any atom is 0.306 e. The van der Waals surface area contributed by atoms with Gasteiger partial charge in [0.25, 0.3) is 0 Å². The molecule has 1 N–H and O–H groups in total. The second-order valence-corrected chi connectivity index (χ2v) is 7.99. The molecule has 0 unspecified atom stereocenters. The summed E-state index contributed by atoms with van der Waals surface area (Å²) in [4.78, 5) is 37.7. The van der Waals surface area contributed by atoms with Gasteiger partial charge in [-0.1, -0.05) is 31.2 Å². The van der Waals surface area contributed by atoms with Crippen LogP contribution in [-0.4, -0.2) is 30.1 Å². The molecule has 1 heterocycles. The van der Waals surface area contributed by atoms with Crippen LogP contribution >= 0.6 is 11.8 Å². The van der Waals surface area contributed by atoms with E-state index in [1.54, 1.807) is 18.7 Å². The Morgan fingerprint density at radius 3 is 2.40 bits per heavy atom. The van der Waals surface area contributed by atoms with Gasteiger partial charge in [-0.2, -0.15) is 0 Å². The van der Waals surface area contributed by atoms with Crippen LogP contribution in [0, 0.1) is 0 Å². The zero-order chi connectivity index (χ0) is 21.5. The highest BCUT2D eigenvalue weighted by Crippen LogP contribution is 2.42. The van der Waals surface area contributed by atoms with E-state index in [9.17, 15) is 14.4 Å². The molecule has 0 bridgehead atoms. The van der Waals surface area contributed by atoms with E-state index in [0.29, 0.717) is 18.0 Å². The molecule has 0 radical (unpaired) electrons. The molecule has 2 aromatic rings. The molecule has 1 saturated heterocycles. The summed E-state index contributed by atoms with van der Waals surface area (Å²) in [5, 5.41) is 2.69. The second-order valence-electron chi connectivity index (χ2n) is 6.92. The minimum Gasteiger partial charge on any atom is -0.466 e. The predicted molar refractivity (Wildman–Crippen MR) is 119 cm³/mol. The lowest BCUT2D eigenvalue weighted by Gasteiger charge is -2.24. The lowest BCUT2D eigenvalue weighted by molar-refractivity contribution is -0.144. The number of nitrogens with one attached hydrogen (secondary N) is 1. The fourth-order valence-electron chi connectivity index (χ4n) is 3.25. The molecule has 0 aromatic heterocycles. The fourth-order valence-corrected chi connectivity index (χ4v) is 4.42. The van der Waals surface area contributed by atoms with Gasteiger partial charge in [-0.15, -0.1) is 11.8 Å². The molecule has 0 spiro atoms.